The number of benzene rings is 2. The number of para-hydroxylation sites is 2. The molecule has 122 valence electrons. The third kappa shape index (κ3) is 3.24. The first kappa shape index (κ1) is 16.4. The summed E-state index contributed by atoms with van der Waals surface area (Å²) in [5, 5.41) is 0. The number of nitrogens with zero attached hydrogens (tertiary/aromatic N) is 1. The number of hydrogen-bond acceptors (Lipinski definition) is 4. The van der Waals surface area contributed by atoms with Crippen molar-refractivity contribution in [3.8, 4) is 34.0 Å². The minimum Gasteiger partial charge on any atom is -0.496 e. The lowest BCUT2D eigenvalue weighted by Crippen LogP contribution is -1.94. The third-order valence-corrected chi connectivity index (χ3v) is 4.51. The highest BCUT2D eigenvalue weighted by molar-refractivity contribution is 7.98. The lowest BCUT2D eigenvalue weighted by Gasteiger charge is -2.13. The molecule has 0 N–H and O–H groups in total. The second kappa shape index (κ2) is 7.41. The van der Waals surface area contributed by atoms with E-state index in [0.717, 1.165) is 38.9 Å². The molecule has 2 aromatic carbocycles. The summed E-state index contributed by atoms with van der Waals surface area (Å²) in [7, 11) is 3.36. The van der Waals surface area contributed by atoms with Gasteiger partial charge in [-0.3, -0.25) is 0 Å². The van der Waals surface area contributed by atoms with Crippen molar-refractivity contribution in [1.29, 1.82) is 0 Å². The van der Waals surface area contributed by atoms with Crippen LogP contribution in [0.4, 0.5) is 0 Å². The van der Waals surface area contributed by atoms with Crippen molar-refractivity contribution in [3.63, 3.8) is 0 Å². The summed E-state index contributed by atoms with van der Waals surface area (Å²) < 4.78 is 11.0. The molecule has 24 heavy (non-hydrogen) atoms. The molecule has 0 spiro atoms. The molecule has 3 nitrogen and oxygen atoms in total. The molecule has 1 heterocycles. The Morgan fingerprint density at radius 1 is 0.750 bits per heavy atom. The van der Waals surface area contributed by atoms with Gasteiger partial charge in [-0.1, -0.05) is 24.3 Å². The Morgan fingerprint density at radius 2 is 1.21 bits per heavy atom. The summed E-state index contributed by atoms with van der Waals surface area (Å²) in [4.78, 5) is 6.01. The molecule has 0 atom stereocenters. The molecule has 0 unspecified atom stereocenters. The Kier molecular flexibility index (Phi) is 5.06. The van der Waals surface area contributed by atoms with Crippen molar-refractivity contribution >= 4 is 11.8 Å². The van der Waals surface area contributed by atoms with Crippen LogP contribution >= 0.6 is 11.8 Å². The highest BCUT2D eigenvalue weighted by atomic mass is 32.2. The normalized spacial score (nSPS) is 10.5. The third-order valence-electron chi connectivity index (χ3n) is 3.80. The van der Waals surface area contributed by atoms with Gasteiger partial charge in [0.25, 0.3) is 0 Å². The molecule has 1 aromatic heterocycles. The molecule has 3 rings (SSSR count). The van der Waals surface area contributed by atoms with E-state index >= 15 is 0 Å². The summed E-state index contributed by atoms with van der Waals surface area (Å²) in [5.74, 6) is 1.63. The Hall–Kier alpha value is -2.46. The summed E-state index contributed by atoms with van der Waals surface area (Å²) in [6, 6.07) is 20.0. The van der Waals surface area contributed by atoms with Gasteiger partial charge in [-0.25, -0.2) is 4.98 Å². The monoisotopic (exact) mass is 337 g/mol. The van der Waals surface area contributed by atoms with Crippen molar-refractivity contribution in [1.82, 2.24) is 4.98 Å². The van der Waals surface area contributed by atoms with E-state index in [-0.39, 0.29) is 0 Å². The number of thioether (sulfide) groups is 1. The Morgan fingerprint density at radius 3 is 1.62 bits per heavy atom. The Bertz CT molecular complexity index is 783. The maximum absolute atomic E-state index is 5.49. The number of hydrogen-bond donors (Lipinski definition) is 0. The van der Waals surface area contributed by atoms with Gasteiger partial charge in [0.05, 0.1) is 25.6 Å². The van der Waals surface area contributed by atoms with Crippen molar-refractivity contribution < 1.29 is 9.47 Å². The predicted octanol–water partition coefficient (Wildman–Crippen LogP) is 5.15. The lowest BCUT2D eigenvalue weighted by molar-refractivity contribution is 0.416. The quantitative estimate of drug-likeness (QED) is 0.602. The molecule has 3 aromatic rings. The van der Waals surface area contributed by atoms with Crippen LogP contribution in [0, 0.1) is 0 Å². The van der Waals surface area contributed by atoms with E-state index in [9.17, 15) is 0 Å². The van der Waals surface area contributed by atoms with Crippen molar-refractivity contribution in [2.75, 3.05) is 20.5 Å². The van der Waals surface area contributed by atoms with Crippen LogP contribution in [-0.2, 0) is 0 Å². The van der Waals surface area contributed by atoms with Crippen LogP contribution in [-0.4, -0.2) is 25.5 Å². The zero-order valence-corrected chi connectivity index (χ0v) is 14.8. The Balaban J connectivity index is 2.19. The summed E-state index contributed by atoms with van der Waals surface area (Å²) in [5.41, 5.74) is 3.74. The maximum Gasteiger partial charge on any atom is 0.128 e. The minimum absolute atomic E-state index is 0.814. The van der Waals surface area contributed by atoms with E-state index in [1.165, 1.54) is 0 Å². The van der Waals surface area contributed by atoms with E-state index in [1.807, 2.05) is 48.5 Å². The molecule has 4 heteroatoms. The van der Waals surface area contributed by atoms with E-state index in [1.54, 1.807) is 26.0 Å². The fourth-order valence-corrected chi connectivity index (χ4v) is 3.07. The highest BCUT2D eigenvalue weighted by Crippen LogP contribution is 2.35. The Labute approximate surface area is 146 Å². The van der Waals surface area contributed by atoms with Crippen LogP contribution in [0.15, 0.2) is 65.6 Å². The molecule has 0 aliphatic rings. The first-order valence-electron chi connectivity index (χ1n) is 7.59. The summed E-state index contributed by atoms with van der Waals surface area (Å²) in [6.07, 6.45) is 2.06. The van der Waals surface area contributed by atoms with E-state index in [0.29, 0.717) is 0 Å². The van der Waals surface area contributed by atoms with Gasteiger partial charge in [0.2, 0.25) is 0 Å². The van der Waals surface area contributed by atoms with Crippen molar-refractivity contribution in [2.24, 2.45) is 0 Å². The lowest BCUT2D eigenvalue weighted by atomic mass is 10.1. The van der Waals surface area contributed by atoms with Crippen molar-refractivity contribution in [2.45, 2.75) is 4.90 Å². The van der Waals surface area contributed by atoms with Gasteiger partial charge in [0, 0.05) is 16.0 Å². The first-order valence-corrected chi connectivity index (χ1v) is 8.82. The number of ether oxygens (including phenoxy) is 2. The summed E-state index contributed by atoms with van der Waals surface area (Å²) in [6.45, 7) is 0. The van der Waals surface area contributed by atoms with E-state index < -0.39 is 0 Å². The standard InChI is InChI=1S/C20H19NO2S/c1-22-19-10-6-4-8-15(19)17-12-14(24-3)13-18(21-17)16-9-5-7-11-20(16)23-2/h4-13H,1-3H3. The molecule has 0 fully saturated rings. The number of rotatable bonds is 5. The first-order chi connectivity index (χ1) is 11.8. The van der Waals surface area contributed by atoms with Crippen molar-refractivity contribution in [3.05, 3.63) is 60.7 Å². The molecule has 0 amide bonds. The maximum atomic E-state index is 5.49. The van der Waals surface area contributed by atoms with Gasteiger partial charge < -0.3 is 9.47 Å². The molecule has 0 saturated carbocycles. The largest absolute Gasteiger partial charge is 0.496 e. The van der Waals surface area contributed by atoms with Crippen LogP contribution in [0.5, 0.6) is 11.5 Å². The smallest absolute Gasteiger partial charge is 0.128 e. The van der Waals surface area contributed by atoms with Crippen LogP contribution in [0.25, 0.3) is 22.5 Å². The van der Waals surface area contributed by atoms with Gasteiger partial charge in [0.1, 0.15) is 11.5 Å². The highest BCUT2D eigenvalue weighted by Gasteiger charge is 2.13. The van der Waals surface area contributed by atoms with Crippen LogP contribution < -0.4 is 9.47 Å². The number of methoxy groups -OCH3 is 2. The molecular weight excluding hydrogens is 318 g/mol. The molecule has 0 saturated heterocycles. The second-order valence-electron chi connectivity index (χ2n) is 5.18. The zero-order valence-electron chi connectivity index (χ0n) is 13.9. The molecule has 0 bridgehead atoms. The number of aromatic nitrogens is 1. The van der Waals surface area contributed by atoms with Gasteiger partial charge in [-0.05, 0) is 42.7 Å². The van der Waals surface area contributed by atoms with Crippen LogP contribution in [0.2, 0.25) is 0 Å². The molecule has 0 aliphatic heterocycles. The zero-order chi connectivity index (χ0) is 16.9. The average Bonchev–Trinajstić information content (AvgIpc) is 2.67. The van der Waals surface area contributed by atoms with Gasteiger partial charge in [-0.15, -0.1) is 11.8 Å². The molecule has 0 radical (unpaired) electrons. The van der Waals surface area contributed by atoms with Gasteiger partial charge in [0.15, 0.2) is 0 Å². The fraction of sp³-hybridized carbons (Fsp3) is 0.150. The number of pyridine rings is 1. The fourth-order valence-electron chi connectivity index (χ4n) is 2.61. The molecular formula is C20H19NO2S. The van der Waals surface area contributed by atoms with Gasteiger partial charge >= 0.3 is 0 Å². The predicted molar refractivity (Wildman–Crippen MR) is 100.0 cm³/mol. The van der Waals surface area contributed by atoms with Gasteiger partial charge in [-0.2, -0.15) is 0 Å². The topological polar surface area (TPSA) is 31.4 Å². The SMILES string of the molecule is COc1ccccc1-c1cc(SC)cc(-c2ccccc2OC)n1. The average molecular weight is 337 g/mol. The summed E-state index contributed by atoms with van der Waals surface area (Å²) >= 11 is 1.69. The van der Waals surface area contributed by atoms with Crippen LogP contribution in [0.3, 0.4) is 0 Å². The van der Waals surface area contributed by atoms with E-state index in [2.05, 4.69) is 18.4 Å². The minimum atomic E-state index is 0.814. The van der Waals surface area contributed by atoms with E-state index in [4.69, 9.17) is 14.5 Å². The second-order valence-corrected chi connectivity index (χ2v) is 6.06. The molecule has 0 aliphatic carbocycles. The van der Waals surface area contributed by atoms with Crippen LogP contribution in [0.1, 0.15) is 0 Å².